The number of anilines is 1. The molecule has 8 heteroatoms. The Hall–Kier alpha value is -3.00. The lowest BCUT2D eigenvalue weighted by Gasteiger charge is -2.07. The van der Waals surface area contributed by atoms with E-state index in [1.807, 2.05) is 19.1 Å². The van der Waals surface area contributed by atoms with E-state index in [0.29, 0.717) is 11.1 Å². The number of benzene rings is 2. The van der Waals surface area contributed by atoms with Gasteiger partial charge >= 0.3 is 6.01 Å². The minimum atomic E-state index is -3.34. The van der Waals surface area contributed by atoms with Gasteiger partial charge in [-0.25, -0.2) is 8.42 Å². The maximum absolute atomic E-state index is 12.2. The molecule has 0 aliphatic rings. The number of carbonyl (C=O) groups excluding carboxylic acids is 1. The second-order valence-corrected chi connectivity index (χ2v) is 8.85. The van der Waals surface area contributed by atoms with E-state index in [2.05, 4.69) is 15.5 Å². The van der Waals surface area contributed by atoms with Gasteiger partial charge in [-0.3, -0.25) is 10.1 Å². The molecule has 7 nitrogen and oxygen atoms in total. The Morgan fingerprint density at radius 3 is 2.22 bits per heavy atom. The molecule has 0 saturated carbocycles. The summed E-state index contributed by atoms with van der Waals surface area (Å²) in [6.45, 7) is 5.19. The normalized spacial score (nSPS) is 11.6. The van der Waals surface area contributed by atoms with Crippen LogP contribution in [0.3, 0.4) is 0 Å². The van der Waals surface area contributed by atoms with E-state index in [9.17, 15) is 13.2 Å². The van der Waals surface area contributed by atoms with E-state index in [1.165, 1.54) is 12.1 Å². The Balaban J connectivity index is 1.76. The third-order valence-corrected chi connectivity index (χ3v) is 6.18. The van der Waals surface area contributed by atoms with Gasteiger partial charge in [0.15, 0.2) is 9.84 Å². The van der Waals surface area contributed by atoms with E-state index >= 15 is 0 Å². The first kappa shape index (κ1) is 18.8. The van der Waals surface area contributed by atoms with Gasteiger partial charge < -0.3 is 4.42 Å². The van der Waals surface area contributed by atoms with Crippen LogP contribution in [-0.2, 0) is 9.84 Å². The molecule has 1 heterocycles. The maximum atomic E-state index is 12.2. The molecule has 140 valence electrons. The summed E-state index contributed by atoms with van der Waals surface area (Å²) in [6, 6.07) is 13.2. The first-order valence-corrected chi connectivity index (χ1v) is 9.88. The molecular formula is C19H19N3O4S. The minimum Gasteiger partial charge on any atom is -0.403 e. The van der Waals surface area contributed by atoms with Gasteiger partial charge in [-0.15, -0.1) is 5.10 Å². The zero-order valence-electron chi connectivity index (χ0n) is 15.1. The first-order valence-electron chi connectivity index (χ1n) is 8.33. The van der Waals surface area contributed by atoms with Crippen LogP contribution in [0.2, 0.25) is 0 Å². The highest BCUT2D eigenvalue weighted by molar-refractivity contribution is 7.92. The molecule has 1 amide bonds. The Morgan fingerprint density at radius 1 is 1.00 bits per heavy atom. The average molecular weight is 385 g/mol. The standard InChI is InChI=1S/C19H19N3O4S/c1-12(2)27(24,25)16-10-8-15(9-11-16)18-21-22-19(26-18)20-17(23)14-6-4-13(3)5-7-14/h4-12H,1-3H3,(H,20,22,23). The first-order chi connectivity index (χ1) is 12.8. The molecule has 3 rings (SSSR count). The van der Waals surface area contributed by atoms with E-state index < -0.39 is 15.1 Å². The van der Waals surface area contributed by atoms with Crippen LogP contribution in [0.4, 0.5) is 6.01 Å². The lowest BCUT2D eigenvalue weighted by molar-refractivity contribution is 0.102. The number of hydrogen-bond acceptors (Lipinski definition) is 6. The highest BCUT2D eigenvalue weighted by Crippen LogP contribution is 2.23. The molecular weight excluding hydrogens is 366 g/mol. The van der Waals surface area contributed by atoms with Gasteiger partial charge in [0.1, 0.15) is 0 Å². The number of hydrogen-bond donors (Lipinski definition) is 1. The zero-order chi connectivity index (χ0) is 19.6. The molecule has 1 N–H and O–H groups in total. The highest BCUT2D eigenvalue weighted by Gasteiger charge is 2.19. The molecule has 0 atom stereocenters. The molecule has 0 radical (unpaired) electrons. The van der Waals surface area contributed by atoms with Crippen molar-refractivity contribution in [1.29, 1.82) is 0 Å². The van der Waals surface area contributed by atoms with Crippen molar-refractivity contribution < 1.29 is 17.6 Å². The second-order valence-electron chi connectivity index (χ2n) is 6.35. The lowest BCUT2D eigenvalue weighted by Crippen LogP contribution is -2.13. The average Bonchev–Trinajstić information content (AvgIpc) is 3.10. The number of aryl methyl sites for hydroxylation is 1. The summed E-state index contributed by atoms with van der Waals surface area (Å²) < 4.78 is 29.8. The predicted molar refractivity (Wildman–Crippen MR) is 101 cm³/mol. The molecule has 0 saturated heterocycles. The molecule has 2 aromatic carbocycles. The summed E-state index contributed by atoms with van der Waals surface area (Å²) in [5, 5.41) is 9.74. The number of sulfone groups is 1. The molecule has 27 heavy (non-hydrogen) atoms. The van der Waals surface area contributed by atoms with Gasteiger partial charge in [0.25, 0.3) is 5.91 Å². The van der Waals surface area contributed by atoms with Crippen molar-refractivity contribution in [3.8, 4) is 11.5 Å². The number of nitrogens with one attached hydrogen (secondary N) is 1. The fourth-order valence-corrected chi connectivity index (χ4v) is 3.38. The topological polar surface area (TPSA) is 102 Å². The predicted octanol–water partition coefficient (Wildman–Crippen LogP) is 3.48. The van der Waals surface area contributed by atoms with Crippen LogP contribution in [0.1, 0.15) is 29.8 Å². The molecule has 3 aromatic rings. The SMILES string of the molecule is Cc1ccc(C(=O)Nc2nnc(-c3ccc(S(=O)(=O)C(C)C)cc3)o2)cc1. The largest absolute Gasteiger partial charge is 0.403 e. The number of carbonyl (C=O) groups is 1. The van der Waals surface area contributed by atoms with Crippen molar-refractivity contribution in [1.82, 2.24) is 10.2 Å². The molecule has 1 aromatic heterocycles. The minimum absolute atomic E-state index is 0.0329. The van der Waals surface area contributed by atoms with E-state index in [-0.39, 0.29) is 22.7 Å². The molecule has 0 bridgehead atoms. The molecule has 0 unspecified atom stereocenters. The quantitative estimate of drug-likeness (QED) is 0.721. The van der Waals surface area contributed by atoms with Crippen LogP contribution < -0.4 is 5.32 Å². The van der Waals surface area contributed by atoms with Crippen LogP contribution in [0, 0.1) is 6.92 Å². The molecule has 0 aliphatic heterocycles. The number of amides is 1. The number of rotatable bonds is 5. The van der Waals surface area contributed by atoms with E-state index in [0.717, 1.165) is 5.56 Å². The monoisotopic (exact) mass is 385 g/mol. The van der Waals surface area contributed by atoms with Crippen molar-refractivity contribution in [3.05, 3.63) is 59.7 Å². The van der Waals surface area contributed by atoms with Gasteiger partial charge in [-0.05, 0) is 57.2 Å². The van der Waals surface area contributed by atoms with Crippen molar-refractivity contribution in [2.24, 2.45) is 0 Å². The fourth-order valence-electron chi connectivity index (χ4n) is 2.32. The van der Waals surface area contributed by atoms with Crippen LogP contribution in [0.15, 0.2) is 57.8 Å². The summed E-state index contributed by atoms with van der Waals surface area (Å²) in [6.07, 6.45) is 0. The van der Waals surface area contributed by atoms with Crippen molar-refractivity contribution in [2.45, 2.75) is 30.9 Å². The highest BCUT2D eigenvalue weighted by atomic mass is 32.2. The summed E-state index contributed by atoms with van der Waals surface area (Å²) in [7, 11) is -3.34. The van der Waals surface area contributed by atoms with Crippen molar-refractivity contribution >= 4 is 21.8 Å². The maximum Gasteiger partial charge on any atom is 0.322 e. The third-order valence-electron chi connectivity index (χ3n) is 4.01. The number of nitrogens with zero attached hydrogens (tertiary/aromatic N) is 2. The van der Waals surface area contributed by atoms with Gasteiger partial charge in [0.2, 0.25) is 5.89 Å². The Kier molecular flexibility index (Phi) is 5.09. The Bertz CT molecular complexity index is 1050. The lowest BCUT2D eigenvalue weighted by atomic mass is 10.1. The Labute approximate surface area is 157 Å². The van der Waals surface area contributed by atoms with Gasteiger partial charge in [-0.2, -0.15) is 0 Å². The van der Waals surface area contributed by atoms with Crippen molar-refractivity contribution in [3.63, 3.8) is 0 Å². The van der Waals surface area contributed by atoms with Gasteiger partial charge in [-0.1, -0.05) is 22.8 Å². The number of aromatic nitrogens is 2. The van der Waals surface area contributed by atoms with Gasteiger partial charge in [0, 0.05) is 11.1 Å². The fraction of sp³-hybridized carbons (Fsp3) is 0.211. The zero-order valence-corrected chi connectivity index (χ0v) is 15.9. The molecule has 0 spiro atoms. The van der Waals surface area contributed by atoms with E-state index in [4.69, 9.17) is 4.42 Å². The van der Waals surface area contributed by atoms with Crippen LogP contribution in [-0.4, -0.2) is 29.8 Å². The van der Waals surface area contributed by atoms with Crippen molar-refractivity contribution in [2.75, 3.05) is 5.32 Å². The van der Waals surface area contributed by atoms with Crippen LogP contribution >= 0.6 is 0 Å². The summed E-state index contributed by atoms with van der Waals surface area (Å²) in [5.41, 5.74) is 2.08. The summed E-state index contributed by atoms with van der Waals surface area (Å²) >= 11 is 0. The summed E-state index contributed by atoms with van der Waals surface area (Å²) in [4.78, 5) is 12.4. The van der Waals surface area contributed by atoms with Gasteiger partial charge in [0.05, 0.1) is 10.1 Å². The third kappa shape index (κ3) is 4.06. The van der Waals surface area contributed by atoms with E-state index in [1.54, 1.807) is 38.1 Å². The molecule has 0 aliphatic carbocycles. The molecule has 0 fully saturated rings. The second kappa shape index (κ2) is 7.32. The van der Waals surface area contributed by atoms with Crippen LogP contribution in [0.25, 0.3) is 11.5 Å². The van der Waals surface area contributed by atoms with Crippen LogP contribution in [0.5, 0.6) is 0 Å². The Morgan fingerprint density at radius 2 is 1.63 bits per heavy atom. The smallest absolute Gasteiger partial charge is 0.322 e. The summed E-state index contributed by atoms with van der Waals surface area (Å²) in [5.74, 6) is -0.175.